The minimum Gasteiger partial charge on any atom is -0.477 e. The van der Waals surface area contributed by atoms with Gasteiger partial charge < -0.3 is 9.67 Å². The van der Waals surface area contributed by atoms with E-state index in [9.17, 15) is 4.79 Å². The van der Waals surface area contributed by atoms with Crippen LogP contribution in [0.3, 0.4) is 0 Å². The van der Waals surface area contributed by atoms with Gasteiger partial charge in [-0.05, 0) is 36.1 Å². The van der Waals surface area contributed by atoms with Crippen LogP contribution < -0.4 is 0 Å². The Morgan fingerprint density at radius 2 is 2.05 bits per heavy atom. The molecular weight excluding hydrogens is 258 g/mol. The number of carbonyl (C=O) groups is 1. The molecule has 2 heterocycles. The van der Waals surface area contributed by atoms with Crippen LogP contribution >= 0.6 is 11.3 Å². The van der Waals surface area contributed by atoms with Gasteiger partial charge in [0.05, 0.1) is 10.6 Å². The van der Waals surface area contributed by atoms with Crippen LogP contribution in [-0.2, 0) is 7.05 Å². The maximum absolute atomic E-state index is 11.1. The van der Waals surface area contributed by atoms with Crippen molar-refractivity contribution in [1.82, 2.24) is 4.57 Å². The number of benzene rings is 1. The van der Waals surface area contributed by atoms with Gasteiger partial charge in [-0.15, -0.1) is 11.3 Å². The van der Waals surface area contributed by atoms with Crippen LogP contribution in [0.2, 0.25) is 0 Å². The maximum atomic E-state index is 11.1. The Kier molecular flexibility index (Phi) is 2.68. The van der Waals surface area contributed by atoms with E-state index < -0.39 is 5.97 Å². The highest BCUT2D eigenvalue weighted by Gasteiger charge is 2.14. The molecule has 3 nitrogen and oxygen atoms in total. The van der Waals surface area contributed by atoms with Crippen LogP contribution in [0.25, 0.3) is 20.7 Å². The standard InChI is InChI=1S/C15H13NO2S/c1-9-4-3-5-10-8-13(19-14(9)10)11-6-7-12(15(17)18)16(11)2/h3-8H,1-2H3,(H,17,18). The average Bonchev–Trinajstić information content (AvgIpc) is 2.93. The van der Waals surface area contributed by atoms with Gasteiger partial charge in [0.2, 0.25) is 0 Å². The fourth-order valence-corrected chi connectivity index (χ4v) is 3.50. The molecule has 0 bridgehead atoms. The van der Waals surface area contributed by atoms with Crippen molar-refractivity contribution in [3.8, 4) is 10.6 Å². The molecule has 0 aliphatic heterocycles. The molecule has 0 spiro atoms. The van der Waals surface area contributed by atoms with E-state index in [2.05, 4.69) is 25.1 Å². The monoisotopic (exact) mass is 271 g/mol. The highest BCUT2D eigenvalue weighted by atomic mass is 32.1. The highest BCUT2D eigenvalue weighted by molar-refractivity contribution is 7.22. The Morgan fingerprint density at radius 1 is 1.26 bits per heavy atom. The molecule has 1 aromatic carbocycles. The number of aromatic nitrogens is 1. The molecule has 1 N–H and O–H groups in total. The first kappa shape index (κ1) is 12.0. The highest BCUT2D eigenvalue weighted by Crippen LogP contribution is 2.35. The third-order valence-corrected chi connectivity index (χ3v) is 4.64. The number of carboxylic acid groups (broad SMARTS) is 1. The molecule has 0 radical (unpaired) electrons. The van der Waals surface area contributed by atoms with Gasteiger partial charge in [-0.3, -0.25) is 0 Å². The molecule has 3 rings (SSSR count). The molecular formula is C15H13NO2S. The lowest BCUT2D eigenvalue weighted by Gasteiger charge is -2.02. The fraction of sp³-hybridized carbons (Fsp3) is 0.133. The van der Waals surface area contributed by atoms with Crippen LogP contribution in [0, 0.1) is 6.92 Å². The summed E-state index contributed by atoms with van der Waals surface area (Å²) in [5.74, 6) is -0.897. The number of carboxylic acids is 1. The van der Waals surface area contributed by atoms with Gasteiger partial charge in [0.15, 0.2) is 0 Å². The van der Waals surface area contributed by atoms with E-state index in [0.29, 0.717) is 5.69 Å². The van der Waals surface area contributed by atoms with E-state index in [-0.39, 0.29) is 0 Å². The summed E-state index contributed by atoms with van der Waals surface area (Å²) in [7, 11) is 1.79. The largest absolute Gasteiger partial charge is 0.477 e. The number of aromatic carboxylic acids is 1. The number of rotatable bonds is 2. The molecule has 0 atom stereocenters. The molecule has 4 heteroatoms. The normalized spacial score (nSPS) is 11.1. The second-order valence-corrected chi connectivity index (χ2v) is 5.62. The minimum absolute atomic E-state index is 0.309. The Bertz CT molecular complexity index is 783. The molecule has 0 fully saturated rings. The Hall–Kier alpha value is -2.07. The molecule has 19 heavy (non-hydrogen) atoms. The number of fused-ring (bicyclic) bond motifs is 1. The van der Waals surface area contributed by atoms with E-state index in [4.69, 9.17) is 5.11 Å². The van der Waals surface area contributed by atoms with E-state index in [1.807, 2.05) is 12.1 Å². The van der Waals surface area contributed by atoms with Gasteiger partial charge in [-0.25, -0.2) is 4.79 Å². The molecule has 0 unspecified atom stereocenters. The van der Waals surface area contributed by atoms with Crippen LogP contribution in [0.15, 0.2) is 36.4 Å². The van der Waals surface area contributed by atoms with Crippen LogP contribution in [0.5, 0.6) is 0 Å². The van der Waals surface area contributed by atoms with Gasteiger partial charge in [-0.1, -0.05) is 18.2 Å². The molecule has 0 aliphatic rings. The molecule has 3 aromatic rings. The lowest BCUT2D eigenvalue weighted by Crippen LogP contribution is -2.04. The third-order valence-electron chi connectivity index (χ3n) is 3.33. The van der Waals surface area contributed by atoms with Crippen LogP contribution in [0.4, 0.5) is 0 Å². The smallest absolute Gasteiger partial charge is 0.352 e. The Balaban J connectivity index is 2.20. The fourth-order valence-electron chi connectivity index (χ4n) is 2.31. The minimum atomic E-state index is -0.897. The first-order valence-corrected chi connectivity index (χ1v) is 6.78. The van der Waals surface area contributed by atoms with Crippen LogP contribution in [0.1, 0.15) is 16.1 Å². The van der Waals surface area contributed by atoms with Crippen molar-refractivity contribution in [2.75, 3.05) is 0 Å². The second-order valence-electron chi connectivity index (χ2n) is 4.57. The number of nitrogens with zero attached hydrogens (tertiary/aromatic N) is 1. The van der Waals surface area contributed by atoms with E-state index >= 15 is 0 Å². The topological polar surface area (TPSA) is 42.2 Å². The van der Waals surface area contributed by atoms with Crippen molar-refractivity contribution in [3.63, 3.8) is 0 Å². The summed E-state index contributed by atoms with van der Waals surface area (Å²) in [5.41, 5.74) is 2.50. The van der Waals surface area contributed by atoms with Crippen molar-refractivity contribution in [2.24, 2.45) is 7.05 Å². The molecule has 2 aromatic heterocycles. The van der Waals surface area contributed by atoms with Gasteiger partial charge in [0.1, 0.15) is 5.69 Å². The molecule has 0 saturated carbocycles. The predicted molar refractivity (Wildman–Crippen MR) is 77.9 cm³/mol. The number of aryl methyl sites for hydroxylation is 1. The lowest BCUT2D eigenvalue weighted by atomic mass is 10.2. The van der Waals surface area contributed by atoms with Crippen molar-refractivity contribution in [2.45, 2.75) is 6.92 Å². The predicted octanol–water partition coefficient (Wildman–Crippen LogP) is 3.91. The summed E-state index contributed by atoms with van der Waals surface area (Å²) >= 11 is 1.70. The van der Waals surface area contributed by atoms with Crippen molar-refractivity contribution in [3.05, 3.63) is 47.7 Å². The zero-order valence-electron chi connectivity index (χ0n) is 10.7. The third kappa shape index (κ3) is 1.85. The zero-order chi connectivity index (χ0) is 13.6. The molecule has 0 saturated heterocycles. The molecule has 0 amide bonds. The SMILES string of the molecule is Cc1cccc2cc(-c3ccc(C(=O)O)n3C)sc12. The van der Waals surface area contributed by atoms with Crippen molar-refractivity contribution < 1.29 is 9.90 Å². The summed E-state index contributed by atoms with van der Waals surface area (Å²) in [5, 5.41) is 10.3. The number of hydrogen-bond acceptors (Lipinski definition) is 2. The Morgan fingerprint density at radius 3 is 2.68 bits per heavy atom. The molecule has 0 aliphatic carbocycles. The quantitative estimate of drug-likeness (QED) is 0.767. The summed E-state index contributed by atoms with van der Waals surface area (Å²) in [4.78, 5) is 12.2. The summed E-state index contributed by atoms with van der Waals surface area (Å²) in [6, 6.07) is 11.9. The zero-order valence-corrected chi connectivity index (χ0v) is 11.5. The molecule has 96 valence electrons. The van der Waals surface area contributed by atoms with Gasteiger partial charge in [0.25, 0.3) is 0 Å². The summed E-state index contributed by atoms with van der Waals surface area (Å²) in [6.07, 6.45) is 0. The lowest BCUT2D eigenvalue weighted by molar-refractivity contribution is 0.0687. The summed E-state index contributed by atoms with van der Waals surface area (Å²) < 4.78 is 2.98. The second kappa shape index (κ2) is 4.24. The average molecular weight is 271 g/mol. The van der Waals surface area contributed by atoms with Gasteiger partial charge in [0, 0.05) is 11.7 Å². The van der Waals surface area contributed by atoms with Crippen molar-refractivity contribution >= 4 is 27.4 Å². The first-order valence-electron chi connectivity index (χ1n) is 5.96. The Labute approximate surface area is 114 Å². The number of thiophene rings is 1. The maximum Gasteiger partial charge on any atom is 0.352 e. The van der Waals surface area contributed by atoms with E-state index in [0.717, 1.165) is 10.6 Å². The van der Waals surface area contributed by atoms with Crippen LogP contribution in [-0.4, -0.2) is 15.6 Å². The van der Waals surface area contributed by atoms with Gasteiger partial charge in [-0.2, -0.15) is 0 Å². The van der Waals surface area contributed by atoms with E-state index in [1.165, 1.54) is 15.6 Å². The van der Waals surface area contributed by atoms with Crippen molar-refractivity contribution in [1.29, 1.82) is 0 Å². The first-order chi connectivity index (χ1) is 9.08. The van der Waals surface area contributed by atoms with E-state index in [1.54, 1.807) is 29.0 Å². The van der Waals surface area contributed by atoms with Gasteiger partial charge >= 0.3 is 5.97 Å². The summed E-state index contributed by atoms with van der Waals surface area (Å²) in [6.45, 7) is 2.09. The number of hydrogen-bond donors (Lipinski definition) is 1.